The quantitative estimate of drug-likeness (QED) is 0.634. The first-order valence-corrected chi connectivity index (χ1v) is 9.04. The topological polar surface area (TPSA) is 29.9 Å². The average Bonchev–Trinajstić information content (AvgIpc) is 2.83. The Morgan fingerprint density at radius 3 is 2.33 bits per heavy atom. The van der Waals surface area contributed by atoms with Crippen LogP contribution in [0.25, 0.3) is 16.9 Å². The molecule has 0 amide bonds. The first-order chi connectivity index (χ1) is 12.9. The van der Waals surface area contributed by atoms with Crippen molar-refractivity contribution in [3.05, 3.63) is 65.2 Å². The van der Waals surface area contributed by atoms with Gasteiger partial charge in [-0.2, -0.15) is 18.3 Å². The Bertz CT molecular complexity index is 939. The van der Waals surface area contributed by atoms with E-state index in [0.717, 1.165) is 60.6 Å². The highest BCUT2D eigenvalue weighted by Crippen LogP contribution is 2.35. The number of alkyl halides is 3. The van der Waals surface area contributed by atoms with E-state index in [9.17, 15) is 13.2 Å². The Morgan fingerprint density at radius 2 is 1.67 bits per heavy atom. The summed E-state index contributed by atoms with van der Waals surface area (Å²) >= 11 is 0. The fraction of sp³-hybridized carbons (Fsp3) is 0.286. The molecule has 0 saturated heterocycles. The third-order valence-corrected chi connectivity index (χ3v) is 4.89. The smallest absolute Gasteiger partial charge is 0.370 e. The van der Waals surface area contributed by atoms with Crippen molar-refractivity contribution in [3.8, 4) is 16.9 Å². The molecule has 0 aliphatic carbocycles. The molecule has 0 bridgehead atoms. The predicted molar refractivity (Wildman–Crippen MR) is 100 cm³/mol. The third-order valence-electron chi connectivity index (χ3n) is 4.89. The van der Waals surface area contributed by atoms with Crippen molar-refractivity contribution in [2.45, 2.75) is 32.4 Å². The Balaban J connectivity index is 1.82. The Hall–Kier alpha value is -2.76. The molecule has 0 unspecified atom stereocenters. The number of nitrogens with one attached hydrogen (secondary N) is 1. The van der Waals surface area contributed by atoms with E-state index in [2.05, 4.69) is 5.32 Å². The molecular formula is C21H20F3N3. The molecule has 6 heteroatoms. The first kappa shape index (κ1) is 17.6. The third kappa shape index (κ3) is 3.44. The summed E-state index contributed by atoms with van der Waals surface area (Å²) in [4.78, 5) is 0. The fourth-order valence-corrected chi connectivity index (χ4v) is 3.42. The standard InChI is InChI=1S/C21H20F3N3/c1-14-5-7-15(8-6-14)19-18-4-2-3-13-25-20(18)27(26-19)17-11-9-16(10-12-17)21(22,23)24/h5-12,25H,2-4,13H2,1H3. The molecule has 1 aromatic heterocycles. The van der Waals surface area contributed by atoms with E-state index in [4.69, 9.17) is 5.10 Å². The molecule has 0 spiro atoms. The summed E-state index contributed by atoms with van der Waals surface area (Å²) in [7, 11) is 0. The maximum atomic E-state index is 12.9. The van der Waals surface area contributed by atoms with Crippen LogP contribution in [0.2, 0.25) is 0 Å². The minimum atomic E-state index is -4.34. The summed E-state index contributed by atoms with van der Waals surface area (Å²) in [6.07, 6.45) is -1.34. The van der Waals surface area contributed by atoms with Crippen LogP contribution in [0.1, 0.15) is 29.5 Å². The van der Waals surface area contributed by atoms with Gasteiger partial charge >= 0.3 is 6.18 Å². The van der Waals surface area contributed by atoms with E-state index in [1.165, 1.54) is 17.7 Å². The lowest BCUT2D eigenvalue weighted by Crippen LogP contribution is -2.08. The van der Waals surface area contributed by atoms with Gasteiger partial charge in [-0.05, 0) is 50.5 Å². The molecule has 0 fully saturated rings. The monoisotopic (exact) mass is 371 g/mol. The van der Waals surface area contributed by atoms with E-state index >= 15 is 0 Å². The Kier molecular flexibility index (Phi) is 4.42. The second-order valence-electron chi connectivity index (χ2n) is 6.88. The zero-order valence-corrected chi connectivity index (χ0v) is 15.0. The van der Waals surface area contributed by atoms with Gasteiger partial charge in [-0.25, -0.2) is 4.68 Å². The van der Waals surface area contributed by atoms with Crippen LogP contribution in [0.3, 0.4) is 0 Å². The second kappa shape index (κ2) is 6.76. The van der Waals surface area contributed by atoms with Gasteiger partial charge in [-0.3, -0.25) is 0 Å². The summed E-state index contributed by atoms with van der Waals surface area (Å²) in [6.45, 7) is 2.86. The van der Waals surface area contributed by atoms with Gasteiger partial charge in [0.1, 0.15) is 5.82 Å². The van der Waals surface area contributed by atoms with Gasteiger partial charge in [0.2, 0.25) is 0 Å². The van der Waals surface area contributed by atoms with E-state index in [-0.39, 0.29) is 0 Å². The minimum Gasteiger partial charge on any atom is -0.370 e. The maximum absolute atomic E-state index is 12.9. The van der Waals surface area contributed by atoms with Crippen LogP contribution < -0.4 is 5.32 Å². The zero-order valence-electron chi connectivity index (χ0n) is 15.0. The molecular weight excluding hydrogens is 351 g/mol. The number of aromatic nitrogens is 2. The second-order valence-corrected chi connectivity index (χ2v) is 6.88. The van der Waals surface area contributed by atoms with Crippen LogP contribution in [0, 0.1) is 6.92 Å². The molecule has 2 aromatic carbocycles. The summed E-state index contributed by atoms with van der Waals surface area (Å²) < 4.78 is 40.3. The Labute approximate surface area is 155 Å². The van der Waals surface area contributed by atoms with E-state index in [0.29, 0.717) is 5.69 Å². The lowest BCUT2D eigenvalue weighted by Gasteiger charge is -2.11. The highest BCUT2D eigenvalue weighted by molar-refractivity contribution is 5.71. The average molecular weight is 371 g/mol. The number of benzene rings is 2. The molecule has 1 aliphatic rings. The van der Waals surface area contributed by atoms with Crippen molar-refractivity contribution < 1.29 is 13.2 Å². The van der Waals surface area contributed by atoms with Gasteiger partial charge in [0.25, 0.3) is 0 Å². The number of rotatable bonds is 2. The molecule has 1 aliphatic heterocycles. The van der Waals surface area contributed by atoms with E-state index < -0.39 is 11.7 Å². The van der Waals surface area contributed by atoms with Crippen LogP contribution >= 0.6 is 0 Å². The molecule has 3 nitrogen and oxygen atoms in total. The van der Waals surface area contributed by atoms with E-state index in [1.54, 1.807) is 4.68 Å². The predicted octanol–water partition coefficient (Wildman–Crippen LogP) is 5.61. The molecule has 140 valence electrons. The molecule has 4 rings (SSSR count). The van der Waals surface area contributed by atoms with Gasteiger partial charge in [-0.15, -0.1) is 0 Å². The van der Waals surface area contributed by atoms with Crippen LogP contribution in [0.5, 0.6) is 0 Å². The largest absolute Gasteiger partial charge is 0.416 e. The summed E-state index contributed by atoms with van der Waals surface area (Å²) in [6, 6.07) is 13.3. The van der Waals surface area contributed by atoms with Crippen molar-refractivity contribution in [1.82, 2.24) is 9.78 Å². The number of aryl methyl sites for hydroxylation is 1. The van der Waals surface area contributed by atoms with Gasteiger partial charge in [0.15, 0.2) is 0 Å². The lowest BCUT2D eigenvalue weighted by molar-refractivity contribution is -0.137. The normalized spacial score (nSPS) is 14.4. The van der Waals surface area contributed by atoms with Crippen molar-refractivity contribution >= 4 is 5.82 Å². The summed E-state index contributed by atoms with van der Waals surface area (Å²) in [5, 5.41) is 8.19. The van der Waals surface area contributed by atoms with E-state index in [1.807, 2.05) is 31.2 Å². The van der Waals surface area contributed by atoms with Gasteiger partial charge in [0.05, 0.1) is 16.9 Å². The van der Waals surface area contributed by atoms with Gasteiger partial charge in [-0.1, -0.05) is 29.8 Å². The molecule has 27 heavy (non-hydrogen) atoms. The van der Waals surface area contributed by atoms with Crippen LogP contribution in [-0.2, 0) is 12.6 Å². The molecule has 0 saturated carbocycles. The maximum Gasteiger partial charge on any atom is 0.416 e. The number of halogens is 3. The van der Waals surface area contributed by atoms with Gasteiger partial charge in [0, 0.05) is 17.7 Å². The molecule has 2 heterocycles. The lowest BCUT2D eigenvalue weighted by atomic mass is 10.0. The number of fused-ring (bicyclic) bond motifs is 1. The highest BCUT2D eigenvalue weighted by atomic mass is 19.4. The van der Waals surface area contributed by atoms with Crippen molar-refractivity contribution in [3.63, 3.8) is 0 Å². The SMILES string of the molecule is Cc1ccc(-c2nn(-c3ccc(C(F)(F)F)cc3)c3c2CCCCN3)cc1. The molecule has 3 aromatic rings. The van der Waals surface area contributed by atoms with Crippen LogP contribution in [-0.4, -0.2) is 16.3 Å². The first-order valence-electron chi connectivity index (χ1n) is 9.04. The molecule has 0 atom stereocenters. The highest BCUT2D eigenvalue weighted by Gasteiger charge is 2.30. The van der Waals surface area contributed by atoms with Crippen molar-refractivity contribution in [1.29, 1.82) is 0 Å². The molecule has 1 N–H and O–H groups in total. The molecule has 0 radical (unpaired) electrons. The van der Waals surface area contributed by atoms with Crippen molar-refractivity contribution in [2.24, 2.45) is 0 Å². The van der Waals surface area contributed by atoms with Crippen LogP contribution in [0.4, 0.5) is 19.0 Å². The number of hydrogen-bond donors (Lipinski definition) is 1. The number of nitrogens with zero attached hydrogens (tertiary/aromatic N) is 2. The minimum absolute atomic E-state index is 0.618. The zero-order chi connectivity index (χ0) is 19.0. The number of hydrogen-bond acceptors (Lipinski definition) is 2. The van der Waals surface area contributed by atoms with Crippen molar-refractivity contribution in [2.75, 3.05) is 11.9 Å². The van der Waals surface area contributed by atoms with Gasteiger partial charge < -0.3 is 5.32 Å². The Morgan fingerprint density at radius 1 is 0.963 bits per heavy atom. The summed E-state index contributed by atoms with van der Waals surface area (Å²) in [5.74, 6) is 0.878. The van der Waals surface area contributed by atoms with Crippen LogP contribution in [0.15, 0.2) is 48.5 Å². The number of anilines is 1. The summed E-state index contributed by atoms with van der Waals surface area (Å²) in [5.41, 5.74) is 4.16. The fourth-order valence-electron chi connectivity index (χ4n) is 3.42.